The maximum Gasteiger partial charge on any atom is 0.407 e. The second kappa shape index (κ2) is 12.7. The van der Waals surface area contributed by atoms with E-state index in [9.17, 15) is 9.59 Å². The minimum absolute atomic E-state index is 0.0226. The number of anilines is 1. The van der Waals surface area contributed by atoms with Crippen molar-refractivity contribution < 1.29 is 14.3 Å². The summed E-state index contributed by atoms with van der Waals surface area (Å²) in [6.07, 6.45) is 2.56. The van der Waals surface area contributed by atoms with Crippen LogP contribution in [0.15, 0.2) is 29.3 Å². The number of aliphatic imine (C=N–C) groups is 1. The first kappa shape index (κ1) is 25.3. The molecule has 0 fully saturated rings. The first-order valence-corrected chi connectivity index (χ1v) is 10.4. The molecule has 0 aromatic heterocycles. The van der Waals surface area contributed by atoms with E-state index in [1.54, 1.807) is 7.05 Å². The van der Waals surface area contributed by atoms with E-state index < -0.39 is 11.7 Å². The van der Waals surface area contributed by atoms with Gasteiger partial charge in [0.15, 0.2) is 5.96 Å². The standard InChI is InChI=1S/C22H37N5O3/c1-7-8-11-19(15-25-21(29)30-22(3,4)5)27-20(23-6)24-14-17-10-9-12-18(13-17)26-16(2)28/h9-10,12-13,19H,7-8,11,14-15H2,1-6H3,(H,25,29)(H,26,28)(H2,23,24,27). The van der Waals surface area contributed by atoms with E-state index in [1.807, 2.05) is 45.0 Å². The van der Waals surface area contributed by atoms with Crippen LogP contribution < -0.4 is 21.3 Å². The lowest BCUT2D eigenvalue weighted by atomic mass is 10.1. The van der Waals surface area contributed by atoms with Gasteiger partial charge in [-0.1, -0.05) is 31.9 Å². The lowest BCUT2D eigenvalue weighted by Gasteiger charge is -2.24. The zero-order valence-electron chi connectivity index (χ0n) is 19.1. The Morgan fingerprint density at radius 2 is 1.93 bits per heavy atom. The van der Waals surface area contributed by atoms with Crippen molar-refractivity contribution in [2.75, 3.05) is 18.9 Å². The summed E-state index contributed by atoms with van der Waals surface area (Å²) in [6.45, 7) is 10.1. The Balaban J connectivity index is 2.63. The molecule has 0 radical (unpaired) electrons. The number of unbranched alkanes of at least 4 members (excludes halogenated alkanes) is 1. The third kappa shape index (κ3) is 11.3. The number of guanidine groups is 1. The minimum atomic E-state index is -0.528. The number of benzene rings is 1. The molecule has 0 aliphatic heterocycles. The molecule has 0 saturated heterocycles. The smallest absolute Gasteiger partial charge is 0.407 e. The molecule has 1 rings (SSSR count). The number of nitrogens with one attached hydrogen (secondary N) is 4. The monoisotopic (exact) mass is 419 g/mol. The molecule has 4 N–H and O–H groups in total. The Kier molecular flexibility index (Phi) is 10.7. The number of ether oxygens (including phenoxy) is 1. The van der Waals surface area contributed by atoms with Crippen molar-refractivity contribution in [1.29, 1.82) is 0 Å². The summed E-state index contributed by atoms with van der Waals surface area (Å²) in [5.74, 6) is 0.542. The summed E-state index contributed by atoms with van der Waals surface area (Å²) in [5, 5.41) is 12.3. The molecule has 30 heavy (non-hydrogen) atoms. The van der Waals surface area contributed by atoms with E-state index in [2.05, 4.69) is 33.2 Å². The van der Waals surface area contributed by atoms with Crippen molar-refractivity contribution >= 4 is 23.6 Å². The Morgan fingerprint density at radius 3 is 2.53 bits per heavy atom. The highest BCUT2D eigenvalue weighted by Gasteiger charge is 2.18. The largest absolute Gasteiger partial charge is 0.444 e. The normalized spacial score (nSPS) is 12.7. The molecule has 168 valence electrons. The molecule has 8 heteroatoms. The summed E-state index contributed by atoms with van der Waals surface area (Å²) in [4.78, 5) is 27.5. The maximum absolute atomic E-state index is 12.0. The van der Waals surface area contributed by atoms with Gasteiger partial charge >= 0.3 is 6.09 Å². The maximum atomic E-state index is 12.0. The molecule has 1 atom stereocenters. The number of hydrogen-bond donors (Lipinski definition) is 4. The Bertz CT molecular complexity index is 713. The highest BCUT2D eigenvalue weighted by molar-refractivity contribution is 5.88. The van der Waals surface area contributed by atoms with E-state index in [1.165, 1.54) is 6.92 Å². The van der Waals surface area contributed by atoms with Crippen LogP contribution >= 0.6 is 0 Å². The molecule has 1 aromatic carbocycles. The Morgan fingerprint density at radius 1 is 1.20 bits per heavy atom. The predicted octanol–water partition coefficient (Wildman–Crippen LogP) is 3.39. The van der Waals surface area contributed by atoms with Crippen LogP contribution in [0.4, 0.5) is 10.5 Å². The van der Waals surface area contributed by atoms with Gasteiger partial charge in [-0.15, -0.1) is 0 Å². The summed E-state index contributed by atoms with van der Waals surface area (Å²) < 4.78 is 5.31. The summed E-state index contributed by atoms with van der Waals surface area (Å²) in [6, 6.07) is 7.66. The van der Waals surface area contributed by atoms with Crippen molar-refractivity contribution in [2.24, 2.45) is 4.99 Å². The average molecular weight is 420 g/mol. The van der Waals surface area contributed by atoms with Gasteiger partial charge in [-0.3, -0.25) is 9.79 Å². The second-order valence-electron chi connectivity index (χ2n) is 8.17. The SMILES string of the molecule is CCCCC(CNC(=O)OC(C)(C)C)NC(=NC)NCc1cccc(NC(C)=O)c1. The first-order chi connectivity index (χ1) is 14.1. The summed E-state index contributed by atoms with van der Waals surface area (Å²) in [7, 11) is 1.71. The Labute approximate surface area is 180 Å². The number of rotatable bonds is 9. The molecule has 2 amide bonds. The van der Waals surface area contributed by atoms with Crippen LogP contribution in [-0.2, 0) is 16.1 Å². The molecule has 0 saturated carbocycles. The van der Waals surface area contributed by atoms with Crippen molar-refractivity contribution in [1.82, 2.24) is 16.0 Å². The molecule has 0 spiro atoms. The zero-order valence-corrected chi connectivity index (χ0v) is 19.1. The molecule has 0 aliphatic carbocycles. The highest BCUT2D eigenvalue weighted by Crippen LogP contribution is 2.10. The third-order valence-corrected chi connectivity index (χ3v) is 4.07. The number of nitrogens with zero attached hydrogens (tertiary/aromatic N) is 1. The van der Waals surface area contributed by atoms with Crippen molar-refractivity contribution in [3.63, 3.8) is 0 Å². The summed E-state index contributed by atoms with van der Waals surface area (Å²) >= 11 is 0. The molecule has 0 aliphatic rings. The fraction of sp³-hybridized carbons (Fsp3) is 0.591. The zero-order chi connectivity index (χ0) is 22.6. The van der Waals surface area contributed by atoms with Crippen molar-refractivity contribution in [3.8, 4) is 0 Å². The predicted molar refractivity (Wildman–Crippen MR) is 122 cm³/mol. The number of alkyl carbamates (subject to hydrolysis) is 1. The Hall–Kier alpha value is -2.77. The average Bonchev–Trinajstić information content (AvgIpc) is 2.65. The van der Waals surface area contributed by atoms with Crippen LogP contribution in [-0.4, -0.2) is 43.2 Å². The molecule has 0 heterocycles. The summed E-state index contributed by atoms with van der Waals surface area (Å²) in [5.41, 5.74) is 1.24. The van der Waals surface area contributed by atoms with Gasteiger partial charge in [0.2, 0.25) is 5.91 Å². The molecular weight excluding hydrogens is 382 g/mol. The van der Waals surface area contributed by atoms with Crippen molar-refractivity contribution in [2.45, 2.75) is 72.1 Å². The first-order valence-electron chi connectivity index (χ1n) is 10.4. The number of carbonyl (C=O) groups is 2. The van der Waals surface area contributed by atoms with Crippen molar-refractivity contribution in [3.05, 3.63) is 29.8 Å². The van der Waals surface area contributed by atoms with Crippen LogP contribution in [0.3, 0.4) is 0 Å². The van der Waals surface area contributed by atoms with Gasteiger partial charge in [0.1, 0.15) is 5.60 Å². The van der Waals surface area contributed by atoms with Gasteiger partial charge in [0.25, 0.3) is 0 Å². The van der Waals surface area contributed by atoms with E-state index in [-0.39, 0.29) is 11.9 Å². The highest BCUT2D eigenvalue weighted by atomic mass is 16.6. The van der Waals surface area contributed by atoms with Gasteiger partial charge < -0.3 is 26.0 Å². The second-order valence-corrected chi connectivity index (χ2v) is 8.17. The molecule has 8 nitrogen and oxygen atoms in total. The third-order valence-electron chi connectivity index (χ3n) is 4.07. The van der Waals surface area contributed by atoms with Gasteiger partial charge in [-0.2, -0.15) is 0 Å². The minimum Gasteiger partial charge on any atom is -0.444 e. The van der Waals surface area contributed by atoms with Gasteiger partial charge in [0, 0.05) is 38.8 Å². The topological polar surface area (TPSA) is 104 Å². The van der Waals surface area contributed by atoms with Gasteiger partial charge in [-0.25, -0.2) is 4.79 Å². The number of carbonyl (C=O) groups excluding carboxylic acids is 2. The van der Waals surface area contributed by atoms with Crippen LogP contribution in [0.1, 0.15) is 59.4 Å². The number of amides is 2. The van der Waals surface area contributed by atoms with Gasteiger partial charge in [-0.05, 0) is 44.9 Å². The van der Waals surface area contributed by atoms with Gasteiger partial charge in [0.05, 0.1) is 0 Å². The van der Waals surface area contributed by atoms with E-state index in [0.717, 1.165) is 30.5 Å². The van der Waals surface area contributed by atoms with Crippen LogP contribution in [0.2, 0.25) is 0 Å². The molecule has 0 bridgehead atoms. The fourth-order valence-corrected chi connectivity index (χ4v) is 2.73. The van der Waals surface area contributed by atoms with E-state index in [0.29, 0.717) is 19.0 Å². The van der Waals surface area contributed by atoms with Crippen LogP contribution in [0.25, 0.3) is 0 Å². The van der Waals surface area contributed by atoms with Crippen LogP contribution in [0, 0.1) is 0 Å². The quantitative estimate of drug-likeness (QED) is 0.363. The molecule has 1 aromatic rings. The fourth-order valence-electron chi connectivity index (χ4n) is 2.73. The number of hydrogen-bond acceptors (Lipinski definition) is 4. The molecular formula is C22H37N5O3. The van der Waals surface area contributed by atoms with Crippen LogP contribution in [0.5, 0.6) is 0 Å². The molecule has 1 unspecified atom stereocenters. The lowest BCUT2D eigenvalue weighted by Crippen LogP contribution is -2.48. The van der Waals surface area contributed by atoms with E-state index >= 15 is 0 Å². The van der Waals surface area contributed by atoms with E-state index in [4.69, 9.17) is 4.74 Å². The lowest BCUT2D eigenvalue weighted by molar-refractivity contribution is -0.114.